The summed E-state index contributed by atoms with van der Waals surface area (Å²) in [6.07, 6.45) is 0. The first-order valence-electron chi connectivity index (χ1n) is 10.3. The van der Waals surface area contributed by atoms with Crippen molar-refractivity contribution < 1.29 is 18.7 Å². The molecule has 0 aliphatic rings. The molecule has 2 aromatic carbocycles. The third kappa shape index (κ3) is 4.29. The van der Waals surface area contributed by atoms with E-state index in [1.54, 1.807) is 21.0 Å². The number of carbonyl (C=O) groups is 1. The summed E-state index contributed by atoms with van der Waals surface area (Å²) in [5.41, 5.74) is 4.42. The Morgan fingerprint density at radius 1 is 1.12 bits per heavy atom. The molecule has 164 valence electrons. The minimum Gasteiger partial charge on any atom is -0.497 e. The summed E-state index contributed by atoms with van der Waals surface area (Å²) in [5.74, 6) is 1.08. The second-order valence-electron chi connectivity index (χ2n) is 7.42. The summed E-state index contributed by atoms with van der Waals surface area (Å²) < 4.78 is 16.7. The predicted octanol–water partition coefficient (Wildman–Crippen LogP) is 5.90. The number of rotatable bonds is 5. The molecule has 0 aliphatic heterocycles. The molecule has 4 rings (SSSR count). The molecule has 0 saturated carbocycles. The Hall–Kier alpha value is -3.45. The van der Waals surface area contributed by atoms with Crippen molar-refractivity contribution >= 4 is 33.4 Å². The zero-order chi connectivity index (χ0) is 22.8. The number of aromatic nitrogens is 1. The molecule has 0 fully saturated rings. The molecule has 4 aromatic rings. The first kappa shape index (κ1) is 21.8. The number of benzene rings is 2. The highest BCUT2D eigenvalue weighted by Crippen LogP contribution is 2.29. The summed E-state index contributed by atoms with van der Waals surface area (Å²) in [5, 5.41) is 2.15. The molecule has 0 amide bonds. The SMILES string of the molecule is CCOC(=O)c1sc(/N=c2\cc(-c3ccc(OC)cc3)oc3cc(C)cc(C)c23)nc1C. The molecule has 32 heavy (non-hydrogen) atoms. The number of hydrogen-bond donors (Lipinski definition) is 0. The van der Waals surface area contributed by atoms with Gasteiger partial charge in [0.1, 0.15) is 22.0 Å². The van der Waals surface area contributed by atoms with Crippen molar-refractivity contribution in [1.29, 1.82) is 0 Å². The third-order valence-corrected chi connectivity index (χ3v) is 6.06. The third-order valence-electron chi connectivity index (χ3n) is 5.02. The molecule has 0 bridgehead atoms. The van der Waals surface area contributed by atoms with E-state index in [0.29, 0.717) is 28.1 Å². The van der Waals surface area contributed by atoms with Crippen LogP contribution in [-0.2, 0) is 4.74 Å². The van der Waals surface area contributed by atoms with Crippen molar-refractivity contribution in [2.45, 2.75) is 27.7 Å². The fourth-order valence-corrected chi connectivity index (χ4v) is 4.43. The molecule has 7 heteroatoms. The van der Waals surface area contributed by atoms with E-state index in [9.17, 15) is 4.79 Å². The van der Waals surface area contributed by atoms with Crippen molar-refractivity contribution in [2.24, 2.45) is 4.99 Å². The predicted molar refractivity (Wildman–Crippen MR) is 126 cm³/mol. The van der Waals surface area contributed by atoms with E-state index in [0.717, 1.165) is 38.8 Å². The molecule has 0 spiro atoms. The van der Waals surface area contributed by atoms with Crippen molar-refractivity contribution in [3.8, 4) is 17.1 Å². The average molecular weight is 449 g/mol. The minimum atomic E-state index is -0.373. The van der Waals surface area contributed by atoms with E-state index >= 15 is 0 Å². The summed E-state index contributed by atoms with van der Waals surface area (Å²) in [6.45, 7) is 7.96. The lowest BCUT2D eigenvalue weighted by Crippen LogP contribution is -2.05. The second kappa shape index (κ2) is 8.96. The van der Waals surface area contributed by atoms with Crippen LogP contribution in [0.25, 0.3) is 22.3 Å². The monoisotopic (exact) mass is 448 g/mol. The first-order chi connectivity index (χ1) is 15.4. The molecule has 0 aliphatic carbocycles. The molecule has 0 N–H and O–H groups in total. The van der Waals surface area contributed by atoms with Crippen LogP contribution in [0.3, 0.4) is 0 Å². The fraction of sp³-hybridized carbons (Fsp3) is 0.240. The molecule has 0 atom stereocenters. The molecule has 0 saturated heterocycles. The van der Waals surface area contributed by atoms with E-state index < -0.39 is 0 Å². The number of methoxy groups -OCH3 is 1. The summed E-state index contributed by atoms with van der Waals surface area (Å²) in [6, 6.07) is 13.7. The maximum atomic E-state index is 12.2. The van der Waals surface area contributed by atoms with E-state index in [1.807, 2.05) is 50.2 Å². The van der Waals surface area contributed by atoms with Crippen LogP contribution in [0.15, 0.2) is 51.9 Å². The van der Waals surface area contributed by atoms with Crippen LogP contribution in [0.4, 0.5) is 5.13 Å². The zero-order valence-corrected chi connectivity index (χ0v) is 19.5. The van der Waals surface area contributed by atoms with Crippen LogP contribution in [0.2, 0.25) is 0 Å². The van der Waals surface area contributed by atoms with Gasteiger partial charge in [-0.05, 0) is 69.2 Å². The molecule has 2 heterocycles. The highest BCUT2D eigenvalue weighted by molar-refractivity contribution is 7.17. The summed E-state index contributed by atoms with van der Waals surface area (Å²) in [4.78, 5) is 22.0. The van der Waals surface area contributed by atoms with Gasteiger partial charge in [-0.25, -0.2) is 14.8 Å². The average Bonchev–Trinajstić information content (AvgIpc) is 3.13. The van der Waals surface area contributed by atoms with Gasteiger partial charge >= 0.3 is 5.97 Å². The summed E-state index contributed by atoms with van der Waals surface area (Å²) >= 11 is 1.23. The van der Waals surface area contributed by atoms with Crippen LogP contribution in [0.5, 0.6) is 5.75 Å². The van der Waals surface area contributed by atoms with Gasteiger partial charge in [0.15, 0.2) is 0 Å². The quantitative estimate of drug-likeness (QED) is 0.355. The van der Waals surface area contributed by atoms with Gasteiger partial charge in [0.25, 0.3) is 0 Å². The number of ether oxygens (including phenoxy) is 2. The molecular weight excluding hydrogens is 424 g/mol. The van der Waals surface area contributed by atoms with Gasteiger partial charge in [-0.15, -0.1) is 0 Å². The number of aryl methyl sites for hydroxylation is 3. The van der Waals surface area contributed by atoms with Crippen LogP contribution in [0.1, 0.15) is 33.4 Å². The maximum absolute atomic E-state index is 12.2. The van der Waals surface area contributed by atoms with Gasteiger partial charge in [0.2, 0.25) is 5.13 Å². The van der Waals surface area contributed by atoms with Gasteiger partial charge in [-0.2, -0.15) is 0 Å². The molecular formula is C25H24N2O4S. The fourth-order valence-electron chi connectivity index (χ4n) is 3.59. The number of hydrogen-bond acceptors (Lipinski definition) is 7. The van der Waals surface area contributed by atoms with E-state index in [-0.39, 0.29) is 5.97 Å². The Balaban J connectivity index is 1.93. The Kier molecular flexibility index (Phi) is 6.10. The van der Waals surface area contributed by atoms with Gasteiger partial charge < -0.3 is 13.9 Å². The van der Waals surface area contributed by atoms with Gasteiger partial charge in [-0.3, -0.25) is 0 Å². The van der Waals surface area contributed by atoms with Crippen molar-refractivity contribution in [1.82, 2.24) is 4.98 Å². The van der Waals surface area contributed by atoms with Crippen molar-refractivity contribution in [3.05, 3.63) is 69.5 Å². The Labute approximate surface area is 190 Å². The van der Waals surface area contributed by atoms with Crippen LogP contribution in [0, 0.1) is 20.8 Å². The van der Waals surface area contributed by atoms with Crippen LogP contribution < -0.4 is 10.1 Å². The van der Waals surface area contributed by atoms with E-state index in [4.69, 9.17) is 18.9 Å². The Bertz CT molecular complexity index is 1370. The number of carbonyl (C=O) groups excluding carboxylic acids is 1. The standard InChI is InChI=1S/C25H24N2O4S/c1-6-30-24(28)23-16(4)26-25(32-23)27-19-13-20(17-7-9-18(29-5)10-8-17)31-21-12-14(2)11-15(3)22(19)21/h7-13H,6H2,1-5H3/b27-19+. The highest BCUT2D eigenvalue weighted by atomic mass is 32.1. The van der Waals surface area contributed by atoms with Crippen molar-refractivity contribution in [2.75, 3.05) is 13.7 Å². The highest BCUT2D eigenvalue weighted by Gasteiger charge is 2.17. The molecule has 2 aromatic heterocycles. The topological polar surface area (TPSA) is 73.9 Å². The maximum Gasteiger partial charge on any atom is 0.350 e. The Morgan fingerprint density at radius 3 is 2.56 bits per heavy atom. The number of nitrogens with zero attached hydrogens (tertiary/aromatic N) is 2. The van der Waals surface area contributed by atoms with Gasteiger partial charge in [0, 0.05) is 17.0 Å². The Morgan fingerprint density at radius 2 is 1.88 bits per heavy atom. The largest absolute Gasteiger partial charge is 0.497 e. The second-order valence-corrected chi connectivity index (χ2v) is 8.40. The van der Waals surface area contributed by atoms with Crippen LogP contribution >= 0.6 is 11.3 Å². The number of esters is 1. The number of thiazole rings is 1. The van der Waals surface area contributed by atoms with Crippen molar-refractivity contribution in [3.63, 3.8) is 0 Å². The first-order valence-corrected chi connectivity index (χ1v) is 11.1. The molecule has 0 unspecified atom stereocenters. The smallest absolute Gasteiger partial charge is 0.350 e. The molecule has 6 nitrogen and oxygen atoms in total. The normalized spacial score (nSPS) is 11.7. The van der Waals surface area contributed by atoms with Gasteiger partial charge in [0.05, 0.1) is 24.8 Å². The lowest BCUT2D eigenvalue weighted by molar-refractivity contribution is 0.0531. The lowest BCUT2D eigenvalue weighted by Gasteiger charge is -2.08. The van der Waals surface area contributed by atoms with E-state index in [2.05, 4.69) is 11.1 Å². The molecule has 0 radical (unpaired) electrons. The van der Waals surface area contributed by atoms with Gasteiger partial charge in [-0.1, -0.05) is 17.4 Å². The number of fused-ring (bicyclic) bond motifs is 1. The zero-order valence-electron chi connectivity index (χ0n) is 18.7. The van der Waals surface area contributed by atoms with E-state index in [1.165, 1.54) is 11.3 Å². The lowest BCUT2D eigenvalue weighted by atomic mass is 10.0. The minimum absolute atomic E-state index is 0.317. The summed E-state index contributed by atoms with van der Waals surface area (Å²) in [7, 11) is 1.64. The van der Waals surface area contributed by atoms with Crippen LogP contribution in [-0.4, -0.2) is 24.7 Å².